The molecule has 1 aromatic heterocycles. The molecule has 3 aromatic rings. The van der Waals surface area contributed by atoms with E-state index in [0.717, 1.165) is 40.7 Å². The first-order valence-electron chi connectivity index (χ1n) is 7.52. The quantitative estimate of drug-likeness (QED) is 0.639. The van der Waals surface area contributed by atoms with E-state index < -0.39 is 5.91 Å². The number of nitrogens with two attached hydrogens (primary N) is 2. The average molecular weight is 307 g/mol. The minimum absolute atomic E-state index is 0.358. The molecule has 5 N–H and O–H groups in total. The maximum atomic E-state index is 11.6. The Hall–Kier alpha value is -3.02. The van der Waals surface area contributed by atoms with Gasteiger partial charge in [-0.15, -0.1) is 0 Å². The molecule has 0 bridgehead atoms. The van der Waals surface area contributed by atoms with E-state index in [1.54, 1.807) is 6.07 Å². The van der Waals surface area contributed by atoms with Crippen LogP contribution < -0.4 is 16.8 Å². The lowest BCUT2D eigenvalue weighted by Crippen LogP contribution is -2.23. The van der Waals surface area contributed by atoms with Crippen LogP contribution in [0.2, 0.25) is 0 Å². The number of carbonyl (C=O) groups is 1. The predicted molar refractivity (Wildman–Crippen MR) is 92.7 cm³/mol. The Morgan fingerprint density at radius 2 is 2.04 bits per heavy atom. The van der Waals surface area contributed by atoms with Gasteiger partial charge in [-0.1, -0.05) is 18.2 Å². The number of benzene rings is 2. The lowest BCUT2D eigenvalue weighted by atomic mass is 10.1. The number of hydrogen-bond acceptors (Lipinski definition) is 4. The third-order valence-electron chi connectivity index (χ3n) is 4.26. The third kappa shape index (κ3) is 2.11. The van der Waals surface area contributed by atoms with Crippen LogP contribution in [0, 0.1) is 0 Å². The fourth-order valence-electron chi connectivity index (χ4n) is 3.20. The maximum absolute atomic E-state index is 11.6. The summed E-state index contributed by atoms with van der Waals surface area (Å²) in [6, 6.07) is 11.7. The van der Waals surface area contributed by atoms with E-state index in [1.165, 1.54) is 0 Å². The summed E-state index contributed by atoms with van der Waals surface area (Å²) in [6.45, 7) is 2.33. The van der Waals surface area contributed by atoms with Crippen LogP contribution in [0.4, 0.5) is 5.69 Å². The number of anilines is 1. The van der Waals surface area contributed by atoms with E-state index >= 15 is 0 Å². The Morgan fingerprint density at radius 1 is 1.22 bits per heavy atom. The second kappa shape index (κ2) is 5.01. The zero-order chi connectivity index (χ0) is 16.0. The molecule has 1 aliphatic rings. The summed E-state index contributed by atoms with van der Waals surface area (Å²) in [4.78, 5) is 16.1. The number of amidine groups is 1. The van der Waals surface area contributed by atoms with E-state index in [9.17, 15) is 4.79 Å². The van der Waals surface area contributed by atoms with Gasteiger partial charge in [-0.25, -0.2) is 0 Å². The SMILES string of the molecule is NC(=O)c1cc2c3ccccc3n(CC3=NCCN3)c2cc1N. The van der Waals surface area contributed by atoms with Gasteiger partial charge in [0.1, 0.15) is 5.84 Å². The first-order valence-corrected chi connectivity index (χ1v) is 7.52. The third-order valence-corrected chi connectivity index (χ3v) is 4.26. The van der Waals surface area contributed by atoms with Gasteiger partial charge in [0.25, 0.3) is 5.91 Å². The van der Waals surface area contributed by atoms with Crippen LogP contribution in [0.1, 0.15) is 10.4 Å². The van der Waals surface area contributed by atoms with Gasteiger partial charge in [0, 0.05) is 28.5 Å². The van der Waals surface area contributed by atoms with Crippen molar-refractivity contribution in [1.82, 2.24) is 9.88 Å². The molecule has 1 aliphatic heterocycles. The molecular weight excluding hydrogens is 290 g/mol. The molecule has 0 aliphatic carbocycles. The van der Waals surface area contributed by atoms with Crippen molar-refractivity contribution < 1.29 is 4.79 Å². The van der Waals surface area contributed by atoms with Gasteiger partial charge in [-0.3, -0.25) is 9.79 Å². The molecule has 2 aromatic carbocycles. The first-order chi connectivity index (χ1) is 11.1. The number of para-hydroxylation sites is 1. The molecule has 0 fully saturated rings. The highest BCUT2D eigenvalue weighted by Crippen LogP contribution is 2.32. The minimum Gasteiger partial charge on any atom is -0.398 e. The van der Waals surface area contributed by atoms with Crippen molar-refractivity contribution in [2.75, 3.05) is 18.8 Å². The molecule has 0 saturated carbocycles. The largest absolute Gasteiger partial charge is 0.398 e. The van der Waals surface area contributed by atoms with Crippen LogP contribution in [0.5, 0.6) is 0 Å². The summed E-state index contributed by atoms with van der Waals surface area (Å²) >= 11 is 0. The van der Waals surface area contributed by atoms with Gasteiger partial charge in [-0.2, -0.15) is 0 Å². The van der Waals surface area contributed by atoms with Crippen LogP contribution in [-0.2, 0) is 6.54 Å². The molecule has 4 rings (SSSR count). The van der Waals surface area contributed by atoms with E-state index in [0.29, 0.717) is 17.8 Å². The number of aliphatic imine (C=N–C) groups is 1. The van der Waals surface area contributed by atoms with Crippen LogP contribution in [0.25, 0.3) is 21.8 Å². The monoisotopic (exact) mass is 307 g/mol. The van der Waals surface area contributed by atoms with Crippen LogP contribution in [-0.4, -0.2) is 29.4 Å². The van der Waals surface area contributed by atoms with Gasteiger partial charge in [-0.05, 0) is 18.2 Å². The number of aromatic nitrogens is 1. The Kier molecular flexibility index (Phi) is 2.97. The highest BCUT2D eigenvalue weighted by molar-refractivity contribution is 6.13. The van der Waals surface area contributed by atoms with Gasteiger partial charge in [0.2, 0.25) is 0 Å². The molecule has 2 heterocycles. The number of nitrogens with one attached hydrogen (secondary N) is 1. The lowest BCUT2D eigenvalue weighted by molar-refractivity contribution is 0.100. The second-order valence-electron chi connectivity index (χ2n) is 5.68. The number of rotatable bonds is 3. The number of hydrogen-bond donors (Lipinski definition) is 3. The van der Waals surface area contributed by atoms with Crippen LogP contribution in [0.3, 0.4) is 0 Å². The number of carbonyl (C=O) groups excluding carboxylic acids is 1. The van der Waals surface area contributed by atoms with Gasteiger partial charge in [0.05, 0.1) is 24.2 Å². The Bertz CT molecular complexity index is 970. The van der Waals surface area contributed by atoms with Crippen molar-refractivity contribution in [2.24, 2.45) is 10.7 Å². The van der Waals surface area contributed by atoms with Crippen molar-refractivity contribution in [3.05, 3.63) is 42.0 Å². The van der Waals surface area contributed by atoms with Crippen molar-refractivity contribution >= 4 is 39.2 Å². The molecule has 0 spiro atoms. The molecule has 0 saturated heterocycles. The zero-order valence-electron chi connectivity index (χ0n) is 12.5. The van der Waals surface area contributed by atoms with E-state index in [-0.39, 0.29) is 0 Å². The smallest absolute Gasteiger partial charge is 0.250 e. The number of nitrogens with zero attached hydrogens (tertiary/aromatic N) is 2. The van der Waals surface area contributed by atoms with Crippen molar-refractivity contribution in [1.29, 1.82) is 0 Å². The topological polar surface area (TPSA) is 98.4 Å². The molecule has 116 valence electrons. The molecule has 23 heavy (non-hydrogen) atoms. The molecular formula is C17H17N5O. The molecule has 6 heteroatoms. The fraction of sp³-hybridized carbons (Fsp3) is 0.176. The maximum Gasteiger partial charge on any atom is 0.250 e. The van der Waals surface area contributed by atoms with Crippen LogP contribution >= 0.6 is 0 Å². The molecule has 1 amide bonds. The fourth-order valence-corrected chi connectivity index (χ4v) is 3.20. The summed E-state index contributed by atoms with van der Waals surface area (Å²) in [7, 11) is 0. The highest BCUT2D eigenvalue weighted by atomic mass is 16.1. The van der Waals surface area contributed by atoms with E-state index in [4.69, 9.17) is 11.5 Å². The summed E-state index contributed by atoms with van der Waals surface area (Å²) in [5, 5.41) is 5.34. The zero-order valence-corrected chi connectivity index (χ0v) is 12.5. The Labute approximate surface area is 132 Å². The minimum atomic E-state index is -0.511. The van der Waals surface area contributed by atoms with Crippen molar-refractivity contribution in [3.63, 3.8) is 0 Å². The second-order valence-corrected chi connectivity index (χ2v) is 5.68. The van der Waals surface area contributed by atoms with Gasteiger partial charge in [0.15, 0.2) is 0 Å². The van der Waals surface area contributed by atoms with Gasteiger partial charge >= 0.3 is 0 Å². The number of primary amides is 1. The summed E-state index contributed by atoms with van der Waals surface area (Å²) in [6.07, 6.45) is 0. The molecule has 0 unspecified atom stereocenters. The predicted octanol–water partition coefficient (Wildman–Crippen LogP) is 1.48. The van der Waals surface area contributed by atoms with E-state index in [2.05, 4.69) is 20.9 Å². The number of fused-ring (bicyclic) bond motifs is 3. The molecule has 0 atom stereocenters. The summed E-state index contributed by atoms with van der Waals surface area (Å²) in [5.74, 6) is 0.452. The summed E-state index contributed by atoms with van der Waals surface area (Å²) < 4.78 is 2.17. The lowest BCUT2D eigenvalue weighted by Gasteiger charge is -2.09. The normalized spacial score (nSPS) is 14.2. The molecule has 0 radical (unpaired) electrons. The Morgan fingerprint density at radius 3 is 2.78 bits per heavy atom. The summed E-state index contributed by atoms with van der Waals surface area (Å²) in [5.41, 5.74) is 14.3. The highest BCUT2D eigenvalue weighted by Gasteiger charge is 2.16. The standard InChI is InChI=1S/C17H17N5O/c18-13-8-15-11(7-12(13)17(19)23)10-3-1-2-4-14(10)22(15)9-16-20-5-6-21-16/h1-4,7-8H,5-6,9,18H2,(H2,19,23)(H,20,21). The van der Waals surface area contributed by atoms with E-state index in [1.807, 2.05) is 24.3 Å². The van der Waals surface area contributed by atoms with Crippen molar-refractivity contribution in [3.8, 4) is 0 Å². The Balaban J connectivity index is 2.02. The van der Waals surface area contributed by atoms with Crippen LogP contribution in [0.15, 0.2) is 41.4 Å². The first kappa shape index (κ1) is 13.6. The average Bonchev–Trinajstić information content (AvgIpc) is 3.14. The molecule has 6 nitrogen and oxygen atoms in total. The van der Waals surface area contributed by atoms with Gasteiger partial charge < -0.3 is 21.4 Å². The van der Waals surface area contributed by atoms with Crippen molar-refractivity contribution in [2.45, 2.75) is 6.54 Å². The number of amides is 1. The number of nitrogen functional groups attached to an aromatic ring is 1.